The molecule has 2 fully saturated rings. The van der Waals surface area contributed by atoms with Crippen molar-refractivity contribution < 1.29 is 19.1 Å². The summed E-state index contributed by atoms with van der Waals surface area (Å²) in [7, 11) is 3.27. The first-order valence-corrected chi connectivity index (χ1v) is 10.9. The molecule has 2 aromatic rings. The lowest BCUT2D eigenvalue weighted by Gasteiger charge is -2.31. The van der Waals surface area contributed by atoms with Gasteiger partial charge in [0, 0.05) is 12.0 Å². The number of likely N-dealkylation sites (tertiary alicyclic amines) is 1. The molecular weight excluding hydrogens is 392 g/mol. The number of aryl methyl sites for hydroxylation is 1. The van der Waals surface area contributed by atoms with Crippen LogP contribution in [0.15, 0.2) is 42.5 Å². The standard InChI is InChI=1S/C25H30N2O4/c1-16-7-12-23(31-3)18(13-16)14-25(29)27-21-5-4-6-24(28)26-20(21)15-22(27)17-8-10-19(30-2)11-9-17/h7-13,20-22H,4-6,14-15H2,1-3H3,(H,26,28)/t20-,21+,22+/m0/s1. The number of fused-ring (bicyclic) bond motifs is 1. The van der Waals surface area contributed by atoms with Gasteiger partial charge in [-0.15, -0.1) is 0 Å². The molecule has 1 N–H and O–H groups in total. The quantitative estimate of drug-likeness (QED) is 0.800. The second kappa shape index (κ2) is 9.00. The minimum absolute atomic E-state index is 0.00172. The van der Waals surface area contributed by atoms with Crippen molar-refractivity contribution in [3.8, 4) is 11.5 Å². The van der Waals surface area contributed by atoms with Gasteiger partial charge in [-0.1, -0.05) is 29.8 Å². The zero-order chi connectivity index (χ0) is 22.0. The number of nitrogens with one attached hydrogen (secondary N) is 1. The minimum atomic E-state index is -0.0809. The SMILES string of the molecule is COc1ccc([C@H]2C[C@@H]3NC(=O)CCC[C@H]3N2C(=O)Cc2cc(C)ccc2OC)cc1. The third-order valence-corrected chi connectivity index (χ3v) is 6.45. The number of ether oxygens (including phenoxy) is 2. The van der Waals surface area contributed by atoms with Crippen molar-refractivity contribution >= 4 is 11.8 Å². The Morgan fingerprint density at radius 1 is 1.13 bits per heavy atom. The van der Waals surface area contributed by atoms with Crippen LogP contribution < -0.4 is 14.8 Å². The number of carbonyl (C=O) groups excluding carboxylic acids is 2. The Balaban J connectivity index is 1.66. The maximum Gasteiger partial charge on any atom is 0.227 e. The van der Waals surface area contributed by atoms with Crippen LogP contribution in [0.1, 0.15) is 48.4 Å². The summed E-state index contributed by atoms with van der Waals surface area (Å²) in [5.74, 6) is 1.65. The van der Waals surface area contributed by atoms with Crippen molar-refractivity contribution in [2.45, 2.75) is 57.2 Å². The van der Waals surface area contributed by atoms with Gasteiger partial charge in [-0.2, -0.15) is 0 Å². The zero-order valence-corrected chi connectivity index (χ0v) is 18.4. The van der Waals surface area contributed by atoms with E-state index in [1.165, 1.54) is 0 Å². The first-order valence-electron chi connectivity index (χ1n) is 10.9. The summed E-state index contributed by atoms with van der Waals surface area (Å²) in [5, 5.41) is 3.16. The van der Waals surface area contributed by atoms with E-state index in [4.69, 9.17) is 9.47 Å². The Hall–Kier alpha value is -3.02. The second-order valence-corrected chi connectivity index (χ2v) is 8.45. The van der Waals surface area contributed by atoms with Crippen molar-refractivity contribution in [1.29, 1.82) is 0 Å². The number of carbonyl (C=O) groups is 2. The summed E-state index contributed by atoms with van der Waals surface area (Å²) < 4.78 is 10.8. The smallest absolute Gasteiger partial charge is 0.227 e. The van der Waals surface area contributed by atoms with E-state index < -0.39 is 0 Å². The van der Waals surface area contributed by atoms with E-state index in [-0.39, 0.29) is 36.4 Å². The van der Waals surface area contributed by atoms with Gasteiger partial charge in [0.05, 0.1) is 38.8 Å². The minimum Gasteiger partial charge on any atom is -0.497 e. The van der Waals surface area contributed by atoms with E-state index in [0.29, 0.717) is 6.42 Å². The van der Waals surface area contributed by atoms with Crippen LogP contribution in [0.3, 0.4) is 0 Å². The topological polar surface area (TPSA) is 67.9 Å². The lowest BCUT2D eigenvalue weighted by atomic mass is 10.0. The summed E-state index contributed by atoms with van der Waals surface area (Å²) >= 11 is 0. The van der Waals surface area contributed by atoms with Crippen molar-refractivity contribution in [1.82, 2.24) is 10.2 Å². The molecular formula is C25H30N2O4. The van der Waals surface area contributed by atoms with E-state index in [2.05, 4.69) is 5.32 Å². The normalized spacial score (nSPS) is 23.0. The van der Waals surface area contributed by atoms with Gasteiger partial charge in [-0.05, 0) is 49.9 Å². The van der Waals surface area contributed by atoms with Crippen molar-refractivity contribution in [2.75, 3.05) is 14.2 Å². The lowest BCUT2D eigenvalue weighted by molar-refractivity contribution is -0.134. The van der Waals surface area contributed by atoms with Crippen LogP contribution in [0.4, 0.5) is 0 Å². The fourth-order valence-electron chi connectivity index (χ4n) is 4.96. The van der Waals surface area contributed by atoms with Gasteiger partial charge < -0.3 is 19.7 Å². The van der Waals surface area contributed by atoms with Gasteiger partial charge in [0.2, 0.25) is 11.8 Å². The predicted octanol–water partition coefficient (Wildman–Crippen LogP) is 3.57. The largest absolute Gasteiger partial charge is 0.497 e. The molecule has 2 saturated heterocycles. The average molecular weight is 423 g/mol. The van der Waals surface area contributed by atoms with Crippen molar-refractivity contribution in [2.24, 2.45) is 0 Å². The Bertz CT molecular complexity index is 956. The molecule has 0 aliphatic carbocycles. The molecule has 31 heavy (non-hydrogen) atoms. The summed E-state index contributed by atoms with van der Waals surface area (Å²) in [6.45, 7) is 2.01. The van der Waals surface area contributed by atoms with Crippen LogP contribution >= 0.6 is 0 Å². The van der Waals surface area contributed by atoms with Crippen LogP contribution in [-0.2, 0) is 16.0 Å². The molecule has 2 heterocycles. The van der Waals surface area contributed by atoms with Gasteiger partial charge in [0.25, 0.3) is 0 Å². The maximum atomic E-state index is 13.7. The highest BCUT2D eigenvalue weighted by Gasteiger charge is 2.45. The van der Waals surface area contributed by atoms with Crippen LogP contribution in [0.2, 0.25) is 0 Å². The summed E-state index contributed by atoms with van der Waals surface area (Å²) in [5.41, 5.74) is 3.05. The third kappa shape index (κ3) is 4.38. The number of benzene rings is 2. The Kier molecular flexibility index (Phi) is 6.16. The molecule has 164 valence electrons. The van der Waals surface area contributed by atoms with E-state index in [1.54, 1.807) is 14.2 Å². The Morgan fingerprint density at radius 3 is 2.61 bits per heavy atom. The molecule has 3 atom stereocenters. The average Bonchev–Trinajstić information content (AvgIpc) is 3.01. The van der Waals surface area contributed by atoms with Crippen LogP contribution in [0, 0.1) is 6.92 Å². The summed E-state index contributed by atoms with van der Waals surface area (Å²) in [6.07, 6.45) is 3.13. The highest BCUT2D eigenvalue weighted by molar-refractivity contribution is 5.82. The van der Waals surface area contributed by atoms with Crippen LogP contribution in [0.5, 0.6) is 11.5 Å². The number of amides is 2. The predicted molar refractivity (Wildman–Crippen MR) is 118 cm³/mol. The van der Waals surface area contributed by atoms with Gasteiger partial charge in [0.1, 0.15) is 11.5 Å². The number of hydrogen-bond donors (Lipinski definition) is 1. The van der Waals surface area contributed by atoms with Gasteiger partial charge in [-0.25, -0.2) is 0 Å². The van der Waals surface area contributed by atoms with Gasteiger partial charge >= 0.3 is 0 Å². The first kappa shape index (κ1) is 21.2. The molecule has 4 rings (SSSR count). The molecule has 2 aliphatic heterocycles. The molecule has 0 aromatic heterocycles. The number of methoxy groups -OCH3 is 2. The molecule has 0 spiro atoms. The molecule has 6 heteroatoms. The molecule has 2 amide bonds. The van der Waals surface area contributed by atoms with E-state index >= 15 is 0 Å². The third-order valence-electron chi connectivity index (χ3n) is 6.45. The monoisotopic (exact) mass is 422 g/mol. The van der Waals surface area contributed by atoms with Gasteiger partial charge in [-0.3, -0.25) is 9.59 Å². The fourth-order valence-corrected chi connectivity index (χ4v) is 4.96. The molecule has 0 saturated carbocycles. The number of hydrogen-bond acceptors (Lipinski definition) is 4. The molecule has 2 aliphatic rings. The summed E-state index contributed by atoms with van der Waals surface area (Å²) in [6, 6.07) is 13.7. The first-order chi connectivity index (χ1) is 15.0. The molecule has 0 unspecified atom stereocenters. The fraction of sp³-hybridized carbons (Fsp3) is 0.440. The second-order valence-electron chi connectivity index (χ2n) is 8.45. The maximum absolute atomic E-state index is 13.7. The molecule has 2 aromatic carbocycles. The van der Waals surface area contributed by atoms with E-state index in [9.17, 15) is 9.59 Å². The van der Waals surface area contributed by atoms with Gasteiger partial charge in [0.15, 0.2) is 0 Å². The Morgan fingerprint density at radius 2 is 1.90 bits per heavy atom. The molecule has 0 radical (unpaired) electrons. The van der Waals surface area contributed by atoms with E-state index in [0.717, 1.165) is 47.5 Å². The van der Waals surface area contributed by atoms with Crippen molar-refractivity contribution in [3.05, 3.63) is 59.2 Å². The van der Waals surface area contributed by atoms with Crippen LogP contribution in [0.25, 0.3) is 0 Å². The van der Waals surface area contributed by atoms with E-state index in [1.807, 2.05) is 54.3 Å². The molecule has 0 bridgehead atoms. The zero-order valence-electron chi connectivity index (χ0n) is 18.4. The Labute approximate surface area is 183 Å². The van der Waals surface area contributed by atoms with Crippen LogP contribution in [-0.4, -0.2) is 43.0 Å². The van der Waals surface area contributed by atoms with Crippen molar-refractivity contribution in [3.63, 3.8) is 0 Å². The highest BCUT2D eigenvalue weighted by Crippen LogP contribution is 2.40. The number of nitrogens with zero attached hydrogens (tertiary/aromatic N) is 1. The summed E-state index contributed by atoms with van der Waals surface area (Å²) in [4.78, 5) is 27.9. The lowest BCUT2D eigenvalue weighted by Crippen LogP contribution is -2.45. The number of rotatable bonds is 5. The molecule has 6 nitrogen and oxygen atoms in total. The highest BCUT2D eigenvalue weighted by atomic mass is 16.5.